The predicted octanol–water partition coefficient (Wildman–Crippen LogP) is 3.28. The van der Waals surface area contributed by atoms with Gasteiger partial charge in [0, 0.05) is 11.3 Å². The van der Waals surface area contributed by atoms with Gasteiger partial charge in [0.2, 0.25) is 0 Å². The molecule has 1 saturated heterocycles. The zero-order chi connectivity index (χ0) is 15.4. The normalized spacial score (nSPS) is 16.1. The average molecular weight is 297 g/mol. The van der Waals surface area contributed by atoms with Crippen molar-refractivity contribution in [2.75, 3.05) is 18.5 Å². The van der Waals surface area contributed by atoms with Crippen LogP contribution in [0, 0.1) is 0 Å². The maximum atomic E-state index is 12.3. The third-order valence-electron chi connectivity index (χ3n) is 3.56. The Morgan fingerprint density at radius 3 is 2.73 bits per heavy atom. The molecule has 1 aliphatic heterocycles. The van der Waals surface area contributed by atoms with Crippen molar-refractivity contribution >= 4 is 11.6 Å². The van der Waals surface area contributed by atoms with Crippen LogP contribution in [0.1, 0.15) is 22.8 Å². The molecule has 1 fully saturated rings. The molecule has 1 heterocycles. The topological polar surface area (TPSA) is 50.9 Å². The van der Waals surface area contributed by atoms with Gasteiger partial charge in [0.15, 0.2) is 0 Å². The SMILES string of the molecule is CCc1cc(C(=O)Nc2ccccc2)ccc1OCC1CO1. The van der Waals surface area contributed by atoms with Gasteiger partial charge in [0.05, 0.1) is 6.61 Å². The second kappa shape index (κ2) is 6.62. The number of ether oxygens (including phenoxy) is 2. The van der Waals surface area contributed by atoms with Crippen LogP contribution in [0.25, 0.3) is 0 Å². The van der Waals surface area contributed by atoms with E-state index in [1.165, 1.54) is 0 Å². The fourth-order valence-electron chi connectivity index (χ4n) is 2.21. The van der Waals surface area contributed by atoms with Gasteiger partial charge >= 0.3 is 0 Å². The number of aryl methyl sites for hydroxylation is 1. The van der Waals surface area contributed by atoms with E-state index in [1.807, 2.05) is 42.5 Å². The molecule has 0 bridgehead atoms. The van der Waals surface area contributed by atoms with E-state index in [0.717, 1.165) is 30.0 Å². The second-order valence-corrected chi connectivity index (χ2v) is 5.26. The summed E-state index contributed by atoms with van der Waals surface area (Å²) in [6.45, 7) is 3.40. The molecule has 1 unspecified atom stereocenters. The molecule has 0 radical (unpaired) electrons. The number of amides is 1. The lowest BCUT2D eigenvalue weighted by Gasteiger charge is -2.11. The van der Waals surface area contributed by atoms with Gasteiger partial charge in [-0.25, -0.2) is 0 Å². The lowest BCUT2D eigenvalue weighted by molar-refractivity contribution is 0.102. The van der Waals surface area contributed by atoms with Gasteiger partial charge in [-0.2, -0.15) is 0 Å². The number of carbonyl (C=O) groups is 1. The second-order valence-electron chi connectivity index (χ2n) is 5.26. The van der Waals surface area contributed by atoms with Crippen molar-refractivity contribution < 1.29 is 14.3 Å². The molecule has 4 heteroatoms. The van der Waals surface area contributed by atoms with Crippen molar-refractivity contribution in [1.29, 1.82) is 0 Å². The first-order valence-corrected chi connectivity index (χ1v) is 7.50. The summed E-state index contributed by atoms with van der Waals surface area (Å²) < 4.78 is 10.9. The van der Waals surface area contributed by atoms with Gasteiger partial charge in [0.25, 0.3) is 5.91 Å². The van der Waals surface area contributed by atoms with Crippen LogP contribution in [0.3, 0.4) is 0 Å². The Bertz CT molecular complexity index is 651. The number of benzene rings is 2. The lowest BCUT2D eigenvalue weighted by atomic mass is 10.1. The number of rotatable bonds is 6. The monoisotopic (exact) mass is 297 g/mol. The summed E-state index contributed by atoms with van der Waals surface area (Å²) >= 11 is 0. The zero-order valence-corrected chi connectivity index (χ0v) is 12.5. The van der Waals surface area contributed by atoms with Crippen LogP contribution in [0.4, 0.5) is 5.69 Å². The summed E-state index contributed by atoms with van der Waals surface area (Å²) in [7, 11) is 0. The number of epoxide rings is 1. The molecule has 4 nitrogen and oxygen atoms in total. The summed E-state index contributed by atoms with van der Waals surface area (Å²) in [5.74, 6) is 0.715. The van der Waals surface area contributed by atoms with Gasteiger partial charge in [-0.05, 0) is 42.3 Å². The Morgan fingerprint density at radius 1 is 1.27 bits per heavy atom. The highest BCUT2D eigenvalue weighted by Crippen LogP contribution is 2.23. The van der Waals surface area contributed by atoms with Crippen molar-refractivity contribution in [2.45, 2.75) is 19.4 Å². The van der Waals surface area contributed by atoms with Crippen LogP contribution >= 0.6 is 0 Å². The summed E-state index contributed by atoms with van der Waals surface area (Å²) in [5.41, 5.74) is 2.45. The van der Waals surface area contributed by atoms with E-state index in [-0.39, 0.29) is 12.0 Å². The number of anilines is 1. The van der Waals surface area contributed by atoms with Crippen molar-refractivity contribution in [3.63, 3.8) is 0 Å². The Morgan fingerprint density at radius 2 is 2.05 bits per heavy atom. The minimum atomic E-state index is -0.113. The molecule has 1 atom stereocenters. The van der Waals surface area contributed by atoms with E-state index in [4.69, 9.17) is 9.47 Å². The first-order valence-electron chi connectivity index (χ1n) is 7.50. The molecule has 22 heavy (non-hydrogen) atoms. The van der Waals surface area contributed by atoms with Gasteiger partial charge in [0.1, 0.15) is 18.5 Å². The molecule has 2 aromatic rings. The Kier molecular flexibility index (Phi) is 4.39. The Balaban J connectivity index is 1.71. The maximum absolute atomic E-state index is 12.3. The minimum Gasteiger partial charge on any atom is -0.491 e. The maximum Gasteiger partial charge on any atom is 0.255 e. The molecule has 3 rings (SSSR count). The summed E-state index contributed by atoms with van der Waals surface area (Å²) in [6.07, 6.45) is 1.04. The number of nitrogens with one attached hydrogen (secondary N) is 1. The van der Waals surface area contributed by atoms with Crippen LogP contribution in [-0.4, -0.2) is 25.2 Å². The lowest BCUT2D eigenvalue weighted by Crippen LogP contribution is -2.13. The number of para-hydroxylation sites is 1. The van der Waals surface area contributed by atoms with Gasteiger partial charge in [-0.15, -0.1) is 0 Å². The zero-order valence-electron chi connectivity index (χ0n) is 12.5. The molecule has 0 saturated carbocycles. The fraction of sp³-hybridized carbons (Fsp3) is 0.278. The molecule has 2 aromatic carbocycles. The van der Waals surface area contributed by atoms with E-state index >= 15 is 0 Å². The van der Waals surface area contributed by atoms with Crippen LogP contribution in [-0.2, 0) is 11.2 Å². The van der Waals surface area contributed by atoms with Crippen molar-refractivity contribution in [3.05, 3.63) is 59.7 Å². The highest BCUT2D eigenvalue weighted by atomic mass is 16.6. The summed E-state index contributed by atoms with van der Waals surface area (Å²) in [4.78, 5) is 12.3. The van der Waals surface area contributed by atoms with Crippen molar-refractivity contribution in [3.8, 4) is 5.75 Å². The first-order chi connectivity index (χ1) is 10.8. The molecule has 1 aliphatic rings. The minimum absolute atomic E-state index is 0.113. The highest BCUT2D eigenvalue weighted by molar-refractivity contribution is 6.04. The van der Waals surface area contributed by atoms with E-state index in [2.05, 4.69) is 12.2 Å². The van der Waals surface area contributed by atoms with Crippen LogP contribution in [0.5, 0.6) is 5.75 Å². The molecule has 0 aliphatic carbocycles. The average Bonchev–Trinajstić information content (AvgIpc) is 3.38. The van der Waals surface area contributed by atoms with E-state index < -0.39 is 0 Å². The standard InChI is InChI=1S/C18H19NO3/c1-2-13-10-14(8-9-17(13)22-12-16-11-21-16)18(20)19-15-6-4-3-5-7-15/h3-10,16H,2,11-12H2,1H3,(H,19,20). The predicted molar refractivity (Wildman–Crippen MR) is 85.5 cm³/mol. The van der Waals surface area contributed by atoms with E-state index in [1.54, 1.807) is 6.07 Å². The molecule has 1 N–H and O–H groups in total. The van der Waals surface area contributed by atoms with Gasteiger partial charge < -0.3 is 14.8 Å². The van der Waals surface area contributed by atoms with Crippen LogP contribution in [0.15, 0.2) is 48.5 Å². The molecule has 1 amide bonds. The third kappa shape index (κ3) is 3.65. The van der Waals surface area contributed by atoms with Crippen molar-refractivity contribution in [2.24, 2.45) is 0 Å². The molecular weight excluding hydrogens is 278 g/mol. The van der Waals surface area contributed by atoms with Gasteiger partial charge in [-0.3, -0.25) is 4.79 Å². The molecule has 0 spiro atoms. The summed E-state index contributed by atoms with van der Waals surface area (Å²) in [6, 6.07) is 15.0. The fourth-order valence-corrected chi connectivity index (χ4v) is 2.21. The summed E-state index contributed by atoms with van der Waals surface area (Å²) in [5, 5.41) is 2.89. The molecular formula is C18H19NO3. The van der Waals surface area contributed by atoms with Crippen molar-refractivity contribution in [1.82, 2.24) is 0 Å². The molecule has 114 valence electrons. The Labute approximate surface area is 130 Å². The highest BCUT2D eigenvalue weighted by Gasteiger charge is 2.23. The number of hydrogen-bond donors (Lipinski definition) is 1. The van der Waals surface area contributed by atoms with E-state index in [9.17, 15) is 4.79 Å². The van der Waals surface area contributed by atoms with Gasteiger partial charge in [-0.1, -0.05) is 25.1 Å². The third-order valence-corrected chi connectivity index (χ3v) is 3.56. The number of hydrogen-bond acceptors (Lipinski definition) is 3. The number of carbonyl (C=O) groups excluding carboxylic acids is 1. The van der Waals surface area contributed by atoms with Crippen LogP contribution < -0.4 is 10.1 Å². The first kappa shape index (κ1) is 14.6. The van der Waals surface area contributed by atoms with E-state index in [0.29, 0.717) is 12.2 Å². The van der Waals surface area contributed by atoms with Crippen LogP contribution in [0.2, 0.25) is 0 Å². The smallest absolute Gasteiger partial charge is 0.255 e. The largest absolute Gasteiger partial charge is 0.491 e. The quantitative estimate of drug-likeness (QED) is 0.832. The molecule has 0 aromatic heterocycles. The Hall–Kier alpha value is -2.33.